The molecular weight excluding hydrogens is 250 g/mol. The van der Waals surface area contributed by atoms with E-state index in [2.05, 4.69) is 31.9 Å². The average molecular weight is 256 g/mol. The predicted molar refractivity (Wildman–Crippen MR) is 43.2 cm³/mol. The van der Waals surface area contributed by atoms with Crippen molar-refractivity contribution < 1.29 is 0 Å². The van der Waals surface area contributed by atoms with E-state index >= 15 is 0 Å². The van der Waals surface area contributed by atoms with Gasteiger partial charge < -0.3 is 0 Å². The number of alkyl halides is 2. The fourth-order valence-electron chi connectivity index (χ4n) is 0.0357. The van der Waals surface area contributed by atoms with Gasteiger partial charge in [-0.2, -0.15) is 0 Å². The van der Waals surface area contributed by atoms with E-state index in [-0.39, 0.29) is 12.4 Å². The fourth-order valence-corrected chi connectivity index (χ4v) is 2.89. The Balaban J connectivity index is 0. The zero-order valence-corrected chi connectivity index (χ0v) is 8.07. The van der Waals surface area contributed by atoms with Gasteiger partial charge in [-0.3, -0.25) is 0 Å². The van der Waals surface area contributed by atoms with Crippen LogP contribution in [0.1, 0.15) is 0 Å². The molecule has 0 aliphatic heterocycles. The Bertz CT molecular complexity index is 19.0. The van der Waals surface area contributed by atoms with Gasteiger partial charge in [0, 0.05) is 10.1 Å². The van der Waals surface area contributed by atoms with E-state index in [1.165, 1.54) is 0 Å². The van der Waals surface area contributed by atoms with Gasteiger partial charge in [0.25, 0.3) is 0 Å². The van der Waals surface area contributed by atoms with Crippen LogP contribution in [0.15, 0.2) is 0 Å². The predicted octanol–water partition coefficient (Wildman–Crippen LogP) is 2.79. The summed E-state index contributed by atoms with van der Waals surface area (Å²) in [6, 6.07) is 0. The summed E-state index contributed by atoms with van der Waals surface area (Å²) in [5.41, 5.74) is 0. The number of rotatable bonds is 2. The van der Waals surface area contributed by atoms with E-state index in [1.807, 2.05) is 0 Å². The third-order valence-electron chi connectivity index (χ3n) is 0.189. The summed E-state index contributed by atoms with van der Waals surface area (Å²) in [5.74, 6) is 0. The van der Waals surface area contributed by atoms with Crippen LogP contribution in [-0.2, 0) is 0 Å². The van der Waals surface area contributed by atoms with Crippen molar-refractivity contribution in [2.75, 3.05) is 10.1 Å². The minimum atomic E-state index is 0. The summed E-state index contributed by atoms with van der Waals surface area (Å²) >= 11 is 6.58. The van der Waals surface area contributed by atoms with Crippen LogP contribution in [0.3, 0.4) is 0 Å². The molecule has 0 spiro atoms. The van der Waals surface area contributed by atoms with Crippen molar-refractivity contribution in [2.24, 2.45) is 0 Å². The Morgan fingerprint density at radius 1 is 1.17 bits per heavy atom. The maximum atomic E-state index is 3.29. The molecule has 0 aromatic carbocycles. The lowest BCUT2D eigenvalue weighted by atomic mass is 11.9. The topological polar surface area (TPSA) is 0 Å². The molecule has 0 saturated heterocycles. The molecule has 0 bridgehead atoms. The molecule has 0 aromatic heterocycles. The lowest BCUT2D eigenvalue weighted by Crippen LogP contribution is -1.48. The molecule has 0 atom stereocenters. The van der Waals surface area contributed by atoms with Crippen molar-refractivity contribution in [1.82, 2.24) is 0 Å². The molecule has 0 nitrogen and oxygen atoms in total. The average Bonchev–Trinajstić information content (AvgIpc) is 1.41. The summed E-state index contributed by atoms with van der Waals surface area (Å²) < 4.78 is 0. The first-order chi connectivity index (χ1) is 2.41. The highest BCUT2D eigenvalue weighted by molar-refractivity contribution is 9.11. The summed E-state index contributed by atoms with van der Waals surface area (Å²) in [6.07, 6.45) is 0. The van der Waals surface area contributed by atoms with Crippen LogP contribution < -0.4 is 0 Å². The Labute approximate surface area is 62.9 Å². The van der Waals surface area contributed by atoms with Crippen molar-refractivity contribution in [3.05, 3.63) is 0 Å². The first kappa shape index (κ1) is 10.6. The lowest BCUT2D eigenvalue weighted by Gasteiger charge is -1.77. The van der Waals surface area contributed by atoms with Crippen molar-refractivity contribution in [3.63, 3.8) is 0 Å². The Morgan fingerprint density at radius 2 is 1.50 bits per heavy atom. The lowest BCUT2D eigenvalue weighted by molar-refractivity contribution is 2.18. The molecule has 0 fully saturated rings. The van der Waals surface area contributed by atoms with Gasteiger partial charge in [0.1, 0.15) is 0 Å². The zero-order chi connectivity index (χ0) is 4.12. The van der Waals surface area contributed by atoms with Gasteiger partial charge in [-0.05, 0) is 0 Å². The third-order valence-corrected chi connectivity index (χ3v) is 2.95. The van der Waals surface area contributed by atoms with Crippen molar-refractivity contribution >= 4 is 52.8 Å². The quantitative estimate of drug-likeness (QED) is 0.526. The van der Waals surface area contributed by atoms with Gasteiger partial charge in [0.15, 0.2) is 0 Å². The van der Waals surface area contributed by atoms with Crippen LogP contribution in [0.5, 0.6) is 0 Å². The molecule has 0 N–H and O–H groups in total. The summed E-state index contributed by atoms with van der Waals surface area (Å²) in [7, 11) is 1.03. The number of halogens is 3. The molecule has 4 heteroatoms. The van der Waals surface area contributed by atoms with E-state index < -0.39 is 0 Å². The Kier molecular flexibility index (Phi) is 17.4. The number of hydrogen-bond acceptors (Lipinski definition) is 0. The zero-order valence-electron chi connectivity index (χ0n) is 3.08. The van der Waals surface area contributed by atoms with Gasteiger partial charge in [0.05, 0.1) is 0 Å². The van der Waals surface area contributed by atoms with E-state index in [0.29, 0.717) is 0 Å². The fraction of sp³-hybridized carbons (Fsp3) is 1.00. The minimum absolute atomic E-state index is 0. The van der Waals surface area contributed by atoms with Crippen LogP contribution in [-0.4, -0.2) is 10.1 Å². The van der Waals surface area contributed by atoms with Crippen molar-refractivity contribution in [3.8, 4) is 0 Å². The standard InChI is InChI=1S/C2H5Br2P.ClH/c3-1-5-2-4;/h5H,1-2H2;1H. The van der Waals surface area contributed by atoms with Gasteiger partial charge in [-0.1, -0.05) is 31.9 Å². The highest BCUT2D eigenvalue weighted by Gasteiger charge is 1.70. The molecule has 0 heterocycles. The van der Waals surface area contributed by atoms with Crippen LogP contribution in [0, 0.1) is 0 Å². The van der Waals surface area contributed by atoms with Gasteiger partial charge in [-0.25, -0.2) is 0 Å². The van der Waals surface area contributed by atoms with Gasteiger partial charge in [0.2, 0.25) is 0 Å². The third kappa shape index (κ3) is 9.19. The molecule has 0 unspecified atom stereocenters. The van der Waals surface area contributed by atoms with Crippen molar-refractivity contribution in [1.29, 1.82) is 0 Å². The van der Waals surface area contributed by atoms with Gasteiger partial charge in [-0.15, -0.1) is 21.0 Å². The molecular formula is C2H6Br2ClP. The molecule has 0 aromatic rings. The largest absolute Gasteiger partial charge is 0.147 e. The van der Waals surface area contributed by atoms with E-state index in [0.717, 1.165) is 18.7 Å². The smallest absolute Gasteiger partial charge is 0.0214 e. The highest BCUT2D eigenvalue weighted by atomic mass is 79.9. The van der Waals surface area contributed by atoms with Crippen LogP contribution in [0.25, 0.3) is 0 Å². The SMILES string of the molecule is BrCPCBr.Cl. The molecule has 0 radical (unpaired) electrons. The maximum Gasteiger partial charge on any atom is 0.0214 e. The molecule has 0 aliphatic carbocycles. The second kappa shape index (κ2) is 9.84. The monoisotopic (exact) mass is 254 g/mol. The second-order valence-corrected chi connectivity index (χ2v) is 4.92. The van der Waals surface area contributed by atoms with E-state index in [1.54, 1.807) is 0 Å². The maximum absolute atomic E-state index is 3.29. The van der Waals surface area contributed by atoms with E-state index in [4.69, 9.17) is 0 Å². The van der Waals surface area contributed by atoms with Crippen LogP contribution in [0.2, 0.25) is 0 Å². The minimum Gasteiger partial charge on any atom is -0.147 e. The van der Waals surface area contributed by atoms with E-state index in [9.17, 15) is 0 Å². The molecule has 0 amide bonds. The molecule has 0 aliphatic rings. The Morgan fingerprint density at radius 3 is 1.50 bits per heavy atom. The number of hydrogen-bond donors (Lipinski definition) is 0. The second-order valence-electron chi connectivity index (χ2n) is 0.517. The first-order valence-corrected chi connectivity index (χ1v) is 4.90. The molecule has 0 rings (SSSR count). The van der Waals surface area contributed by atoms with Crippen LogP contribution in [0.4, 0.5) is 0 Å². The first-order valence-electron chi connectivity index (χ1n) is 1.24. The summed E-state index contributed by atoms with van der Waals surface area (Å²) in [4.78, 5) is 0. The van der Waals surface area contributed by atoms with Crippen LogP contribution >= 0.6 is 52.8 Å². The highest BCUT2D eigenvalue weighted by Crippen LogP contribution is 2.14. The normalized spacial score (nSPS) is 7.00. The molecule has 0 saturated carbocycles. The van der Waals surface area contributed by atoms with Gasteiger partial charge >= 0.3 is 0 Å². The summed E-state index contributed by atoms with van der Waals surface area (Å²) in [5, 5.41) is 2.27. The van der Waals surface area contributed by atoms with Crippen molar-refractivity contribution in [2.45, 2.75) is 0 Å². The molecule has 6 heavy (non-hydrogen) atoms. The Hall–Kier alpha value is 1.68. The summed E-state index contributed by atoms with van der Waals surface area (Å²) in [6.45, 7) is 0. The molecule has 40 valence electrons.